The summed E-state index contributed by atoms with van der Waals surface area (Å²) >= 11 is 0. The molecule has 0 saturated heterocycles. The number of carbonyl (C=O) groups is 5. The van der Waals surface area contributed by atoms with E-state index in [2.05, 4.69) is 25.9 Å². The standard InChI is InChI=1S/C32H51N7O7/c1-23(40)25(33-28(42)14-18-46-20-16-39-22-27(35-37-39)30(44)32(5,6)7)12-10-8-9-11-24(41)13-17-45-19-15-38-21-26(34-36-38)29(43)31(2,3)4/h21-22,25H,8-20H2,1-7H3,(H,33,42)/t25-/m0/s1. The van der Waals surface area contributed by atoms with E-state index < -0.39 is 16.9 Å². The zero-order valence-electron chi connectivity index (χ0n) is 28.5. The van der Waals surface area contributed by atoms with E-state index in [1.165, 1.54) is 11.6 Å². The number of nitrogens with one attached hydrogen (secondary N) is 1. The summed E-state index contributed by atoms with van der Waals surface area (Å²) < 4.78 is 14.2. The van der Waals surface area contributed by atoms with Crippen molar-refractivity contribution < 1.29 is 33.4 Å². The molecular formula is C32H51N7O7. The van der Waals surface area contributed by atoms with Crippen LogP contribution in [0.4, 0.5) is 0 Å². The second-order valence-electron chi connectivity index (χ2n) is 13.5. The predicted molar refractivity (Wildman–Crippen MR) is 169 cm³/mol. The summed E-state index contributed by atoms with van der Waals surface area (Å²) in [6.07, 6.45) is 6.74. The summed E-state index contributed by atoms with van der Waals surface area (Å²) in [7, 11) is 0. The first-order chi connectivity index (χ1) is 21.6. The molecule has 0 bridgehead atoms. The molecule has 0 aliphatic heterocycles. The Hall–Kier alpha value is -3.65. The molecule has 0 unspecified atom stereocenters. The van der Waals surface area contributed by atoms with Gasteiger partial charge >= 0.3 is 0 Å². The van der Waals surface area contributed by atoms with Gasteiger partial charge in [0.25, 0.3) is 0 Å². The lowest BCUT2D eigenvalue weighted by Gasteiger charge is -2.16. The molecule has 0 aliphatic carbocycles. The molecule has 2 heterocycles. The summed E-state index contributed by atoms with van der Waals surface area (Å²) in [4.78, 5) is 61.1. The molecule has 1 N–H and O–H groups in total. The first kappa shape index (κ1) is 38.5. The highest BCUT2D eigenvalue weighted by atomic mass is 16.5. The van der Waals surface area contributed by atoms with Gasteiger partial charge in [-0.3, -0.25) is 24.0 Å². The van der Waals surface area contributed by atoms with Gasteiger partial charge in [-0.15, -0.1) is 10.2 Å². The predicted octanol–water partition coefficient (Wildman–Crippen LogP) is 3.43. The largest absolute Gasteiger partial charge is 0.379 e. The topological polar surface area (TPSA) is 177 Å². The third-order valence-corrected chi connectivity index (χ3v) is 7.11. The Labute approximate surface area is 271 Å². The van der Waals surface area contributed by atoms with Crippen LogP contribution in [0, 0.1) is 10.8 Å². The van der Waals surface area contributed by atoms with E-state index >= 15 is 0 Å². The molecule has 0 aromatic carbocycles. The average Bonchev–Trinajstić information content (AvgIpc) is 3.64. The Morgan fingerprint density at radius 3 is 1.70 bits per heavy atom. The minimum Gasteiger partial charge on any atom is -0.379 e. The maximum atomic E-state index is 12.3. The third kappa shape index (κ3) is 14.2. The molecule has 0 radical (unpaired) electrons. The molecule has 2 aromatic rings. The normalized spacial score (nSPS) is 12.6. The molecule has 0 spiro atoms. The summed E-state index contributed by atoms with van der Waals surface area (Å²) in [6, 6.07) is -0.571. The third-order valence-electron chi connectivity index (χ3n) is 7.11. The van der Waals surface area contributed by atoms with Crippen LogP contribution in [-0.2, 0) is 36.9 Å². The van der Waals surface area contributed by atoms with Crippen molar-refractivity contribution >= 4 is 29.0 Å². The van der Waals surface area contributed by atoms with Gasteiger partial charge in [-0.25, -0.2) is 9.36 Å². The van der Waals surface area contributed by atoms with Crippen LogP contribution in [0.1, 0.15) is 114 Å². The second kappa shape index (κ2) is 18.5. The Morgan fingerprint density at radius 2 is 1.22 bits per heavy atom. The lowest BCUT2D eigenvalue weighted by Crippen LogP contribution is -2.40. The van der Waals surface area contributed by atoms with Gasteiger partial charge in [0, 0.05) is 30.1 Å². The zero-order valence-corrected chi connectivity index (χ0v) is 28.5. The molecule has 14 nitrogen and oxygen atoms in total. The van der Waals surface area contributed by atoms with Crippen LogP contribution >= 0.6 is 0 Å². The number of amides is 1. The summed E-state index contributed by atoms with van der Waals surface area (Å²) in [5.41, 5.74) is -0.430. The van der Waals surface area contributed by atoms with Crippen molar-refractivity contribution in [3.8, 4) is 0 Å². The van der Waals surface area contributed by atoms with Crippen molar-refractivity contribution in [2.24, 2.45) is 10.8 Å². The van der Waals surface area contributed by atoms with E-state index in [0.717, 1.165) is 6.42 Å². The van der Waals surface area contributed by atoms with Crippen molar-refractivity contribution in [3.63, 3.8) is 0 Å². The van der Waals surface area contributed by atoms with Crippen LogP contribution in [0.25, 0.3) is 0 Å². The lowest BCUT2D eigenvalue weighted by molar-refractivity contribution is -0.127. The molecule has 2 rings (SSSR count). The van der Waals surface area contributed by atoms with Gasteiger partial charge in [-0.2, -0.15) is 0 Å². The summed E-state index contributed by atoms with van der Waals surface area (Å²) in [5.74, 6) is -0.432. The first-order valence-corrected chi connectivity index (χ1v) is 15.9. The SMILES string of the molecule is CC(=O)[C@H](CCCCCC(=O)CCOCCn1cc(C(=O)C(C)(C)C)nn1)NC(=O)CCOCCn1cc(C(=O)C(C)(C)C)nn1. The molecule has 2 aromatic heterocycles. The maximum absolute atomic E-state index is 12.3. The average molecular weight is 646 g/mol. The van der Waals surface area contributed by atoms with Crippen molar-refractivity contribution in [1.29, 1.82) is 0 Å². The Bertz CT molecular complexity index is 1300. The molecule has 1 amide bonds. The van der Waals surface area contributed by atoms with Gasteiger partial charge in [-0.1, -0.05) is 64.8 Å². The first-order valence-electron chi connectivity index (χ1n) is 15.9. The van der Waals surface area contributed by atoms with Gasteiger partial charge in [0.1, 0.15) is 17.2 Å². The van der Waals surface area contributed by atoms with E-state index in [1.807, 2.05) is 41.5 Å². The molecule has 0 aliphatic rings. The maximum Gasteiger partial charge on any atom is 0.222 e. The highest BCUT2D eigenvalue weighted by Gasteiger charge is 2.26. The number of ether oxygens (including phenoxy) is 2. The van der Waals surface area contributed by atoms with E-state index in [1.54, 1.807) is 17.1 Å². The number of nitrogens with zero attached hydrogens (tertiary/aromatic N) is 6. The van der Waals surface area contributed by atoms with Crippen molar-refractivity contribution in [3.05, 3.63) is 23.8 Å². The molecular weight excluding hydrogens is 594 g/mol. The fourth-order valence-electron chi connectivity index (χ4n) is 4.28. The van der Waals surface area contributed by atoms with Gasteiger partial charge in [0.2, 0.25) is 5.91 Å². The number of hydrogen-bond donors (Lipinski definition) is 1. The number of carbonyl (C=O) groups excluding carboxylic acids is 5. The number of ketones is 4. The fraction of sp³-hybridized carbons (Fsp3) is 0.719. The van der Waals surface area contributed by atoms with E-state index in [-0.39, 0.29) is 42.1 Å². The highest BCUT2D eigenvalue weighted by molar-refractivity contribution is 5.98. The second-order valence-corrected chi connectivity index (χ2v) is 13.5. The minimum absolute atomic E-state index is 0.0725. The van der Waals surface area contributed by atoms with Gasteiger partial charge < -0.3 is 14.8 Å². The quantitative estimate of drug-likeness (QED) is 0.147. The summed E-state index contributed by atoms with van der Waals surface area (Å²) in [5, 5.41) is 18.5. The number of rotatable bonds is 22. The van der Waals surface area contributed by atoms with E-state index in [0.29, 0.717) is 76.4 Å². The van der Waals surface area contributed by atoms with Crippen LogP contribution in [-0.4, -0.2) is 91.5 Å². The molecule has 256 valence electrons. The van der Waals surface area contributed by atoms with Crippen molar-refractivity contribution in [1.82, 2.24) is 35.3 Å². The molecule has 0 saturated carbocycles. The van der Waals surface area contributed by atoms with Gasteiger partial charge in [-0.05, 0) is 19.8 Å². The van der Waals surface area contributed by atoms with Crippen LogP contribution in [0.15, 0.2) is 12.4 Å². The fourth-order valence-corrected chi connectivity index (χ4v) is 4.28. The number of Topliss-reactive ketones (excluding diaryl/α,β-unsaturated/α-hetero) is 4. The van der Waals surface area contributed by atoms with Gasteiger partial charge in [0.15, 0.2) is 17.3 Å². The van der Waals surface area contributed by atoms with Crippen LogP contribution in [0.2, 0.25) is 0 Å². The summed E-state index contributed by atoms with van der Waals surface area (Å²) in [6.45, 7) is 14.4. The van der Waals surface area contributed by atoms with Crippen molar-refractivity contribution in [2.75, 3.05) is 26.4 Å². The van der Waals surface area contributed by atoms with Crippen LogP contribution < -0.4 is 5.32 Å². The molecule has 1 atom stereocenters. The number of aromatic nitrogens is 6. The Kier molecular flexibility index (Phi) is 15.5. The number of unbranched alkanes of at least 4 members (excludes halogenated alkanes) is 2. The highest BCUT2D eigenvalue weighted by Crippen LogP contribution is 2.20. The Morgan fingerprint density at radius 1 is 0.717 bits per heavy atom. The Balaban J connectivity index is 1.52. The van der Waals surface area contributed by atoms with Crippen LogP contribution in [0.5, 0.6) is 0 Å². The molecule has 46 heavy (non-hydrogen) atoms. The zero-order chi connectivity index (χ0) is 34.3. The smallest absolute Gasteiger partial charge is 0.222 e. The van der Waals surface area contributed by atoms with Crippen LogP contribution in [0.3, 0.4) is 0 Å². The molecule has 14 heteroatoms. The van der Waals surface area contributed by atoms with E-state index in [9.17, 15) is 24.0 Å². The molecule has 0 fully saturated rings. The lowest BCUT2D eigenvalue weighted by atomic mass is 9.89. The van der Waals surface area contributed by atoms with Crippen molar-refractivity contribution in [2.45, 2.75) is 113 Å². The monoisotopic (exact) mass is 645 g/mol. The minimum atomic E-state index is -0.571. The van der Waals surface area contributed by atoms with E-state index in [4.69, 9.17) is 9.47 Å². The van der Waals surface area contributed by atoms with Gasteiger partial charge in [0.05, 0.1) is 58.0 Å². The number of hydrogen-bond acceptors (Lipinski definition) is 11.